The van der Waals surface area contributed by atoms with Gasteiger partial charge in [0.15, 0.2) is 0 Å². The van der Waals surface area contributed by atoms with Gasteiger partial charge in [0.05, 0.1) is 22.7 Å². The van der Waals surface area contributed by atoms with Crippen molar-refractivity contribution in [1.82, 2.24) is 10.2 Å². The van der Waals surface area contributed by atoms with E-state index in [1.165, 1.54) is 30.0 Å². The van der Waals surface area contributed by atoms with Crippen LogP contribution < -0.4 is 10.5 Å². The normalized spacial score (nSPS) is 15.9. The predicted octanol–water partition coefficient (Wildman–Crippen LogP) is 5.25. The van der Waals surface area contributed by atoms with Gasteiger partial charge >= 0.3 is 6.18 Å². The summed E-state index contributed by atoms with van der Waals surface area (Å²) in [6, 6.07) is 15.0. The topological polar surface area (TPSA) is 87.7 Å². The number of nitrogens with two attached hydrogens (primary N) is 1. The zero-order chi connectivity index (χ0) is 22.2. The van der Waals surface area contributed by atoms with E-state index < -0.39 is 17.7 Å². The number of rotatable bonds is 4. The fourth-order valence-corrected chi connectivity index (χ4v) is 4.39. The minimum atomic E-state index is -4.59. The molecule has 0 aliphatic carbocycles. The lowest BCUT2D eigenvalue weighted by molar-refractivity contribution is -0.138. The maximum Gasteiger partial charge on any atom is 0.416 e. The number of halogens is 3. The van der Waals surface area contributed by atoms with E-state index >= 15 is 0 Å². The summed E-state index contributed by atoms with van der Waals surface area (Å²) in [6.45, 7) is 1.99. The quantitative estimate of drug-likeness (QED) is 0.539. The van der Waals surface area contributed by atoms with Crippen molar-refractivity contribution in [3.05, 3.63) is 87.9 Å². The van der Waals surface area contributed by atoms with Crippen LogP contribution in [0.15, 0.2) is 64.9 Å². The summed E-state index contributed by atoms with van der Waals surface area (Å²) < 4.78 is 46.7. The number of benzene rings is 2. The van der Waals surface area contributed by atoms with E-state index in [-0.39, 0.29) is 22.9 Å². The molecule has 1 aliphatic heterocycles. The first-order valence-electron chi connectivity index (χ1n) is 9.30. The number of aromatic nitrogens is 2. The van der Waals surface area contributed by atoms with Crippen LogP contribution in [0.4, 0.5) is 13.2 Å². The van der Waals surface area contributed by atoms with Crippen molar-refractivity contribution in [3.63, 3.8) is 0 Å². The third-order valence-corrected chi connectivity index (χ3v) is 6.04. The van der Waals surface area contributed by atoms with Gasteiger partial charge in [-0.15, -0.1) is 16.9 Å². The lowest BCUT2D eigenvalue weighted by Gasteiger charge is -2.26. The fourth-order valence-electron chi connectivity index (χ4n) is 3.53. The molecule has 5 nitrogen and oxygen atoms in total. The van der Waals surface area contributed by atoms with Gasteiger partial charge in [-0.05, 0) is 30.7 Å². The van der Waals surface area contributed by atoms with Crippen LogP contribution >= 0.6 is 11.8 Å². The SMILES string of the molecule is Cc1ccc(SCc2[nH]nc3c2[C@H](c2ccccc2C(F)(F)F)C(C#N)=C(N)O3)cc1. The number of aryl methyl sites for hydroxylation is 1. The van der Waals surface area contributed by atoms with Gasteiger partial charge < -0.3 is 10.5 Å². The molecule has 9 heteroatoms. The highest BCUT2D eigenvalue weighted by atomic mass is 32.2. The minimum Gasteiger partial charge on any atom is -0.420 e. The van der Waals surface area contributed by atoms with E-state index in [9.17, 15) is 18.4 Å². The molecular weight excluding hydrogens is 425 g/mol. The molecule has 0 saturated carbocycles. The first-order chi connectivity index (χ1) is 14.8. The Morgan fingerprint density at radius 3 is 2.58 bits per heavy atom. The summed E-state index contributed by atoms with van der Waals surface area (Å²) in [7, 11) is 0. The van der Waals surface area contributed by atoms with Crippen LogP contribution in [0.5, 0.6) is 5.88 Å². The average Bonchev–Trinajstić information content (AvgIpc) is 3.14. The molecular formula is C22H17F3N4OS. The molecule has 0 radical (unpaired) electrons. The van der Waals surface area contributed by atoms with E-state index in [2.05, 4.69) is 10.2 Å². The molecule has 2 heterocycles. The molecule has 3 aromatic rings. The number of fused-ring (bicyclic) bond motifs is 1. The van der Waals surface area contributed by atoms with Gasteiger partial charge in [0, 0.05) is 10.6 Å². The Labute approximate surface area is 180 Å². The Morgan fingerprint density at radius 2 is 1.90 bits per heavy atom. The molecule has 0 spiro atoms. The van der Waals surface area contributed by atoms with Crippen molar-refractivity contribution in [2.75, 3.05) is 0 Å². The number of nitrogens with zero attached hydrogens (tertiary/aromatic N) is 2. The van der Waals surface area contributed by atoms with E-state index in [0.717, 1.165) is 16.5 Å². The predicted molar refractivity (Wildman–Crippen MR) is 110 cm³/mol. The van der Waals surface area contributed by atoms with Crippen LogP contribution in [-0.4, -0.2) is 10.2 Å². The molecule has 0 unspecified atom stereocenters. The summed E-state index contributed by atoms with van der Waals surface area (Å²) in [5, 5.41) is 16.6. The Morgan fingerprint density at radius 1 is 1.19 bits per heavy atom. The highest BCUT2D eigenvalue weighted by molar-refractivity contribution is 7.98. The molecule has 1 atom stereocenters. The second kappa shape index (κ2) is 8.04. The van der Waals surface area contributed by atoms with Gasteiger partial charge in [-0.2, -0.15) is 18.4 Å². The lowest BCUT2D eigenvalue weighted by atomic mass is 9.82. The fraction of sp³-hybridized carbons (Fsp3) is 0.182. The van der Waals surface area contributed by atoms with Crippen LogP contribution in [-0.2, 0) is 11.9 Å². The molecule has 0 bridgehead atoms. The number of ether oxygens (including phenoxy) is 1. The number of alkyl halides is 3. The Kier molecular flexibility index (Phi) is 5.41. The molecule has 0 fully saturated rings. The largest absolute Gasteiger partial charge is 0.420 e. The third-order valence-electron chi connectivity index (χ3n) is 5.00. The maximum atomic E-state index is 13.7. The number of nitrogens with one attached hydrogen (secondary N) is 1. The van der Waals surface area contributed by atoms with Crippen molar-refractivity contribution >= 4 is 11.8 Å². The zero-order valence-electron chi connectivity index (χ0n) is 16.3. The summed E-state index contributed by atoms with van der Waals surface area (Å²) in [4.78, 5) is 0.994. The highest BCUT2D eigenvalue weighted by Crippen LogP contribution is 2.47. The van der Waals surface area contributed by atoms with E-state index in [4.69, 9.17) is 10.5 Å². The molecule has 1 aliphatic rings. The molecule has 1 aromatic heterocycles. The number of thioether (sulfide) groups is 1. The van der Waals surface area contributed by atoms with Crippen molar-refractivity contribution in [3.8, 4) is 11.9 Å². The third kappa shape index (κ3) is 3.99. The Balaban J connectivity index is 1.80. The first kappa shape index (κ1) is 20.9. The van der Waals surface area contributed by atoms with Crippen LogP contribution in [0, 0.1) is 18.3 Å². The summed E-state index contributed by atoms with van der Waals surface area (Å²) in [5.41, 5.74) is 6.99. The maximum absolute atomic E-state index is 13.7. The molecule has 2 aromatic carbocycles. The van der Waals surface area contributed by atoms with Crippen molar-refractivity contribution < 1.29 is 17.9 Å². The van der Waals surface area contributed by atoms with Gasteiger partial charge in [-0.3, -0.25) is 5.10 Å². The number of H-pyrrole nitrogens is 1. The smallest absolute Gasteiger partial charge is 0.416 e. The van der Waals surface area contributed by atoms with Crippen LogP contribution in [0.1, 0.15) is 33.9 Å². The van der Waals surface area contributed by atoms with Crippen molar-refractivity contribution in [2.24, 2.45) is 5.73 Å². The molecule has 0 amide bonds. The number of hydrogen-bond donors (Lipinski definition) is 2. The Bertz CT molecular complexity index is 1190. The van der Waals surface area contributed by atoms with Crippen molar-refractivity contribution in [2.45, 2.75) is 29.7 Å². The molecule has 4 rings (SSSR count). The van der Waals surface area contributed by atoms with Gasteiger partial charge in [-0.1, -0.05) is 35.9 Å². The zero-order valence-corrected chi connectivity index (χ0v) is 17.1. The summed E-state index contributed by atoms with van der Waals surface area (Å²) in [6.07, 6.45) is -4.59. The highest BCUT2D eigenvalue weighted by Gasteiger charge is 2.41. The summed E-state index contributed by atoms with van der Waals surface area (Å²) in [5.74, 6) is -0.809. The van der Waals surface area contributed by atoms with Gasteiger partial charge in [0.2, 0.25) is 11.8 Å². The number of allylic oxidation sites excluding steroid dienone is 1. The lowest BCUT2D eigenvalue weighted by Crippen LogP contribution is -2.23. The van der Waals surface area contributed by atoms with Gasteiger partial charge in [0.25, 0.3) is 0 Å². The van der Waals surface area contributed by atoms with E-state index in [0.29, 0.717) is 17.0 Å². The van der Waals surface area contributed by atoms with Gasteiger partial charge in [0.1, 0.15) is 11.6 Å². The molecule has 3 N–H and O–H groups in total. The van der Waals surface area contributed by atoms with Gasteiger partial charge in [-0.25, -0.2) is 0 Å². The standard InChI is InChI=1S/C22H17F3N4OS/c1-12-6-8-13(9-7-12)31-11-17-19-18(14-4-2-3-5-16(14)22(23,24)25)15(10-26)20(27)30-21(19)29-28-17/h2-9,18H,11,27H2,1H3,(H,28,29)/t18-/m1/s1. The number of hydrogen-bond acceptors (Lipinski definition) is 5. The summed E-state index contributed by atoms with van der Waals surface area (Å²) >= 11 is 1.50. The molecule has 158 valence electrons. The molecule has 0 saturated heterocycles. The number of nitriles is 1. The van der Waals surface area contributed by atoms with Crippen LogP contribution in [0.25, 0.3) is 0 Å². The first-order valence-corrected chi connectivity index (χ1v) is 10.3. The van der Waals surface area contributed by atoms with Crippen LogP contribution in [0.3, 0.4) is 0 Å². The second-order valence-electron chi connectivity index (χ2n) is 7.03. The Hall–Kier alpha value is -3.38. The monoisotopic (exact) mass is 442 g/mol. The van der Waals surface area contributed by atoms with Crippen LogP contribution in [0.2, 0.25) is 0 Å². The minimum absolute atomic E-state index is 0.0676. The molecule has 31 heavy (non-hydrogen) atoms. The van der Waals surface area contributed by atoms with E-state index in [1.54, 1.807) is 0 Å². The van der Waals surface area contributed by atoms with Crippen molar-refractivity contribution in [1.29, 1.82) is 5.26 Å². The second-order valence-corrected chi connectivity index (χ2v) is 8.08. The van der Waals surface area contributed by atoms with E-state index in [1.807, 2.05) is 37.3 Å². The number of aromatic amines is 1. The average molecular weight is 442 g/mol.